The van der Waals surface area contributed by atoms with Gasteiger partial charge in [-0.25, -0.2) is 0 Å². The summed E-state index contributed by atoms with van der Waals surface area (Å²) in [6.07, 6.45) is 19.3. The number of hydrogen-bond donors (Lipinski definition) is 2. The first-order valence-corrected chi connectivity index (χ1v) is 17.0. The maximum absolute atomic E-state index is 12.5. The van der Waals surface area contributed by atoms with Gasteiger partial charge in [0.1, 0.15) is 6.10 Å². The fourth-order valence-electron chi connectivity index (χ4n) is 9.85. The number of hydrogen-bond acceptors (Lipinski definition) is 4. The number of ether oxygens (including phenoxy) is 1. The standard InChI is InChI=1S/C35H62N2O2/c1-7-36-21-8-9-22-37-24-33(38)39-28-17-19-34(5)27(23-28)13-14-29-31-16-15-30(26(4)12-10-11-25(2)3)35(31,6)20-18-32(29)34/h13,25-26,28-32,36-37H,7-12,14-24H2,1-6H3/t26-,28?,29?,30-,31?,32?,34+,35-/m1/s1. The van der Waals surface area contributed by atoms with E-state index in [4.69, 9.17) is 4.74 Å². The van der Waals surface area contributed by atoms with Crippen LogP contribution in [0.1, 0.15) is 125 Å². The van der Waals surface area contributed by atoms with Crippen LogP contribution in [0.15, 0.2) is 11.6 Å². The predicted molar refractivity (Wildman–Crippen MR) is 164 cm³/mol. The summed E-state index contributed by atoms with van der Waals surface area (Å²) in [6, 6.07) is 0. The Morgan fingerprint density at radius 3 is 2.49 bits per heavy atom. The predicted octanol–water partition coefficient (Wildman–Crippen LogP) is 7.92. The molecule has 0 bridgehead atoms. The van der Waals surface area contributed by atoms with Crippen LogP contribution in [0.5, 0.6) is 0 Å². The van der Waals surface area contributed by atoms with E-state index in [1.54, 1.807) is 5.57 Å². The van der Waals surface area contributed by atoms with E-state index in [1.165, 1.54) is 57.8 Å². The molecule has 4 aliphatic rings. The van der Waals surface area contributed by atoms with E-state index in [2.05, 4.69) is 58.3 Å². The lowest BCUT2D eigenvalue weighted by Gasteiger charge is -2.58. The van der Waals surface area contributed by atoms with Crippen LogP contribution in [0.2, 0.25) is 0 Å². The van der Waals surface area contributed by atoms with Crippen LogP contribution in [-0.4, -0.2) is 38.3 Å². The first-order chi connectivity index (χ1) is 18.7. The number of allylic oxidation sites excluding steroid dienone is 1. The van der Waals surface area contributed by atoms with Crippen LogP contribution in [0.4, 0.5) is 0 Å². The van der Waals surface area contributed by atoms with Crippen LogP contribution in [0, 0.1) is 46.3 Å². The molecule has 0 radical (unpaired) electrons. The molecule has 0 heterocycles. The topological polar surface area (TPSA) is 50.4 Å². The zero-order valence-electron chi connectivity index (χ0n) is 26.5. The maximum atomic E-state index is 12.5. The number of carbonyl (C=O) groups excluding carboxylic acids is 1. The Morgan fingerprint density at radius 1 is 0.974 bits per heavy atom. The number of nitrogens with one attached hydrogen (secondary N) is 2. The molecule has 4 unspecified atom stereocenters. The first-order valence-electron chi connectivity index (χ1n) is 17.0. The molecule has 0 aromatic carbocycles. The van der Waals surface area contributed by atoms with E-state index in [0.717, 1.165) is 80.8 Å². The fourth-order valence-corrected chi connectivity index (χ4v) is 9.85. The van der Waals surface area contributed by atoms with E-state index >= 15 is 0 Å². The van der Waals surface area contributed by atoms with Crippen LogP contribution in [-0.2, 0) is 9.53 Å². The highest BCUT2D eigenvalue weighted by molar-refractivity contribution is 5.71. The van der Waals surface area contributed by atoms with Gasteiger partial charge in [0.25, 0.3) is 0 Å². The first kappa shape index (κ1) is 31.1. The summed E-state index contributed by atoms with van der Waals surface area (Å²) in [4.78, 5) is 12.5. The summed E-state index contributed by atoms with van der Waals surface area (Å²) in [5, 5.41) is 6.64. The van der Waals surface area contributed by atoms with Gasteiger partial charge in [-0.15, -0.1) is 0 Å². The Bertz CT molecular complexity index is 823. The summed E-state index contributed by atoms with van der Waals surface area (Å²) in [5.41, 5.74) is 2.48. The smallest absolute Gasteiger partial charge is 0.320 e. The van der Waals surface area contributed by atoms with Crippen molar-refractivity contribution >= 4 is 5.97 Å². The van der Waals surface area contributed by atoms with Gasteiger partial charge in [0, 0.05) is 6.42 Å². The average molecular weight is 543 g/mol. The highest BCUT2D eigenvalue weighted by Gasteiger charge is 2.59. The van der Waals surface area contributed by atoms with E-state index in [9.17, 15) is 4.79 Å². The number of esters is 1. The lowest BCUT2D eigenvalue weighted by atomic mass is 9.47. The van der Waals surface area contributed by atoms with Gasteiger partial charge in [0.2, 0.25) is 0 Å². The second-order valence-corrected chi connectivity index (χ2v) is 14.9. The molecule has 0 aliphatic heterocycles. The van der Waals surface area contributed by atoms with Crippen molar-refractivity contribution in [2.75, 3.05) is 26.2 Å². The number of rotatable bonds is 14. The van der Waals surface area contributed by atoms with Gasteiger partial charge < -0.3 is 15.4 Å². The summed E-state index contributed by atoms with van der Waals surface area (Å²) < 4.78 is 5.98. The third-order valence-corrected chi connectivity index (χ3v) is 12.0. The second-order valence-electron chi connectivity index (χ2n) is 14.9. The van der Waals surface area contributed by atoms with E-state index in [-0.39, 0.29) is 12.1 Å². The molecule has 4 nitrogen and oxygen atoms in total. The minimum absolute atomic E-state index is 0.0698. The molecule has 0 aromatic heterocycles. The lowest BCUT2D eigenvalue weighted by molar-refractivity contribution is -0.150. The van der Waals surface area contributed by atoms with Crippen molar-refractivity contribution in [3.63, 3.8) is 0 Å². The van der Waals surface area contributed by atoms with E-state index < -0.39 is 0 Å². The molecule has 4 heteroatoms. The van der Waals surface area contributed by atoms with Gasteiger partial charge in [-0.3, -0.25) is 4.79 Å². The van der Waals surface area contributed by atoms with Gasteiger partial charge in [-0.2, -0.15) is 0 Å². The fraction of sp³-hybridized carbons (Fsp3) is 0.914. The Kier molecular flexibility index (Phi) is 11.0. The Morgan fingerprint density at radius 2 is 1.74 bits per heavy atom. The summed E-state index contributed by atoms with van der Waals surface area (Å²) >= 11 is 0. The molecule has 8 atom stereocenters. The van der Waals surface area contributed by atoms with Gasteiger partial charge in [0.15, 0.2) is 0 Å². The van der Waals surface area contributed by atoms with Crippen molar-refractivity contribution in [1.29, 1.82) is 0 Å². The molecule has 3 saturated carbocycles. The highest BCUT2D eigenvalue weighted by Crippen LogP contribution is 2.67. The molecule has 3 fully saturated rings. The molecule has 224 valence electrons. The Labute approximate surface area is 241 Å². The number of unbranched alkanes of at least 4 members (excludes halogenated alkanes) is 1. The molecule has 2 N–H and O–H groups in total. The Hall–Kier alpha value is -0.870. The molecular formula is C35H62N2O2. The lowest BCUT2D eigenvalue weighted by Crippen LogP contribution is -2.51. The molecular weight excluding hydrogens is 480 g/mol. The van der Waals surface area contributed by atoms with E-state index in [0.29, 0.717) is 17.4 Å². The van der Waals surface area contributed by atoms with Crippen molar-refractivity contribution in [3.05, 3.63) is 11.6 Å². The molecule has 39 heavy (non-hydrogen) atoms. The van der Waals surface area contributed by atoms with Crippen molar-refractivity contribution in [1.82, 2.24) is 10.6 Å². The maximum Gasteiger partial charge on any atom is 0.320 e. The highest BCUT2D eigenvalue weighted by atomic mass is 16.5. The van der Waals surface area contributed by atoms with Crippen molar-refractivity contribution < 1.29 is 9.53 Å². The number of carbonyl (C=O) groups is 1. The monoisotopic (exact) mass is 542 g/mol. The summed E-state index contributed by atoms with van der Waals surface area (Å²) in [5.74, 6) is 5.15. The molecule has 4 rings (SSSR count). The SMILES string of the molecule is CCNCCCCNCC(=O)OC1CC[C@@]2(C)C(=CCC3C2CC[C@@]2(C)C3CC[C@@H]2[C@H](C)CCCC(C)C)C1. The molecule has 0 aromatic rings. The largest absolute Gasteiger partial charge is 0.461 e. The molecule has 0 saturated heterocycles. The molecule has 0 spiro atoms. The zero-order chi connectivity index (χ0) is 28.0. The Balaban J connectivity index is 1.29. The second kappa shape index (κ2) is 13.9. The minimum atomic E-state index is -0.0717. The number of fused-ring (bicyclic) bond motifs is 5. The third-order valence-electron chi connectivity index (χ3n) is 12.0. The minimum Gasteiger partial charge on any atom is -0.461 e. The zero-order valence-corrected chi connectivity index (χ0v) is 26.5. The third kappa shape index (κ3) is 7.14. The van der Waals surface area contributed by atoms with Crippen LogP contribution in [0.25, 0.3) is 0 Å². The van der Waals surface area contributed by atoms with E-state index in [1.807, 2.05) is 0 Å². The van der Waals surface area contributed by atoms with Gasteiger partial charge >= 0.3 is 5.97 Å². The molecule has 4 aliphatic carbocycles. The van der Waals surface area contributed by atoms with Gasteiger partial charge in [-0.05, 0) is 124 Å². The van der Waals surface area contributed by atoms with Gasteiger partial charge in [-0.1, -0.05) is 72.5 Å². The summed E-state index contributed by atoms with van der Waals surface area (Å²) in [7, 11) is 0. The normalized spacial score (nSPS) is 36.6. The van der Waals surface area contributed by atoms with Crippen LogP contribution in [0.3, 0.4) is 0 Å². The van der Waals surface area contributed by atoms with Crippen LogP contribution < -0.4 is 10.6 Å². The van der Waals surface area contributed by atoms with Crippen molar-refractivity contribution in [2.45, 2.75) is 131 Å². The van der Waals surface area contributed by atoms with Crippen molar-refractivity contribution in [3.8, 4) is 0 Å². The quantitative estimate of drug-likeness (QED) is 0.133. The average Bonchev–Trinajstić information content (AvgIpc) is 3.25. The van der Waals surface area contributed by atoms with Gasteiger partial charge in [0.05, 0.1) is 6.54 Å². The van der Waals surface area contributed by atoms with Crippen molar-refractivity contribution in [2.24, 2.45) is 46.3 Å². The molecule has 0 amide bonds. The summed E-state index contributed by atoms with van der Waals surface area (Å²) in [6.45, 7) is 18.0. The van der Waals surface area contributed by atoms with Crippen LogP contribution >= 0.6 is 0 Å².